The van der Waals surface area contributed by atoms with Gasteiger partial charge in [-0.05, 0) is 24.5 Å². The van der Waals surface area contributed by atoms with Crippen LogP contribution in [0.25, 0.3) is 0 Å². The van der Waals surface area contributed by atoms with E-state index in [9.17, 15) is 18.4 Å². The van der Waals surface area contributed by atoms with Gasteiger partial charge in [-0.1, -0.05) is 20.3 Å². The van der Waals surface area contributed by atoms with E-state index in [1.807, 2.05) is 6.92 Å². The van der Waals surface area contributed by atoms with E-state index in [0.717, 1.165) is 6.07 Å². The molecule has 2 unspecified atom stereocenters. The van der Waals surface area contributed by atoms with Gasteiger partial charge in [-0.15, -0.1) is 0 Å². The molecular weight excluding hydrogens is 308 g/mol. The van der Waals surface area contributed by atoms with Crippen molar-refractivity contribution in [1.29, 1.82) is 0 Å². The Morgan fingerprint density at radius 3 is 2.61 bits per heavy atom. The van der Waals surface area contributed by atoms with Crippen LogP contribution < -0.4 is 10.1 Å². The Labute approximate surface area is 133 Å². The minimum absolute atomic E-state index is 0.0586. The number of carbonyl (C=O) groups is 2. The summed E-state index contributed by atoms with van der Waals surface area (Å²) < 4.78 is 31.2. The van der Waals surface area contributed by atoms with Gasteiger partial charge in [0.25, 0.3) is 0 Å². The van der Waals surface area contributed by atoms with Crippen LogP contribution in [0, 0.1) is 17.6 Å². The van der Waals surface area contributed by atoms with Crippen LogP contribution in [-0.2, 0) is 9.59 Å². The van der Waals surface area contributed by atoms with Crippen molar-refractivity contribution >= 4 is 11.9 Å². The van der Waals surface area contributed by atoms with Gasteiger partial charge in [-0.25, -0.2) is 13.6 Å². The van der Waals surface area contributed by atoms with E-state index < -0.39 is 29.6 Å². The van der Waals surface area contributed by atoms with Gasteiger partial charge in [0.1, 0.15) is 11.9 Å². The minimum Gasteiger partial charge on any atom is -0.491 e. The molecule has 2 atom stereocenters. The molecule has 0 heterocycles. The van der Waals surface area contributed by atoms with Gasteiger partial charge in [0.15, 0.2) is 11.6 Å². The average Bonchev–Trinajstić information content (AvgIpc) is 2.49. The number of hydrogen-bond acceptors (Lipinski definition) is 3. The summed E-state index contributed by atoms with van der Waals surface area (Å²) in [5, 5.41) is 11.6. The molecule has 0 bridgehead atoms. The fourth-order valence-electron chi connectivity index (χ4n) is 1.94. The molecule has 0 aliphatic carbocycles. The monoisotopic (exact) mass is 329 g/mol. The Kier molecular flexibility index (Phi) is 7.44. The summed E-state index contributed by atoms with van der Waals surface area (Å²) in [4.78, 5) is 22.9. The van der Waals surface area contributed by atoms with E-state index >= 15 is 0 Å². The fourth-order valence-corrected chi connectivity index (χ4v) is 1.94. The molecule has 7 heteroatoms. The van der Waals surface area contributed by atoms with Crippen molar-refractivity contribution in [1.82, 2.24) is 5.32 Å². The largest absolute Gasteiger partial charge is 0.491 e. The van der Waals surface area contributed by atoms with Gasteiger partial charge in [-0.2, -0.15) is 0 Å². The summed E-state index contributed by atoms with van der Waals surface area (Å²) in [6, 6.07) is 2.04. The number of amides is 1. The Hall–Kier alpha value is -2.18. The zero-order chi connectivity index (χ0) is 17.4. The third kappa shape index (κ3) is 6.22. The predicted octanol–water partition coefficient (Wildman–Crippen LogP) is 2.74. The highest BCUT2D eigenvalue weighted by atomic mass is 19.1. The summed E-state index contributed by atoms with van der Waals surface area (Å²) in [5.41, 5.74) is 0. The molecule has 1 aromatic rings. The number of carboxylic acids is 1. The highest BCUT2D eigenvalue weighted by molar-refractivity contribution is 5.83. The smallest absolute Gasteiger partial charge is 0.326 e. The first-order valence-corrected chi connectivity index (χ1v) is 7.45. The molecule has 23 heavy (non-hydrogen) atoms. The van der Waals surface area contributed by atoms with Crippen LogP contribution in [0.3, 0.4) is 0 Å². The van der Waals surface area contributed by atoms with Crippen molar-refractivity contribution in [2.24, 2.45) is 5.92 Å². The summed E-state index contributed by atoms with van der Waals surface area (Å²) in [7, 11) is 0. The number of aliphatic carboxylic acids is 1. The molecule has 0 aromatic heterocycles. The van der Waals surface area contributed by atoms with Crippen LogP contribution in [0.1, 0.15) is 33.1 Å². The van der Waals surface area contributed by atoms with Crippen LogP contribution in [0.5, 0.6) is 5.75 Å². The normalized spacial score (nSPS) is 13.2. The molecule has 5 nitrogen and oxygen atoms in total. The maximum atomic E-state index is 13.3. The quantitative estimate of drug-likeness (QED) is 0.683. The summed E-state index contributed by atoms with van der Waals surface area (Å²) in [5.74, 6) is -3.25. The molecular formula is C16H21F2NO4. The van der Waals surface area contributed by atoms with Crippen LogP contribution in [0.4, 0.5) is 8.78 Å². The van der Waals surface area contributed by atoms with Crippen molar-refractivity contribution in [2.45, 2.75) is 39.2 Å². The van der Waals surface area contributed by atoms with Crippen LogP contribution in [0.2, 0.25) is 0 Å². The summed E-state index contributed by atoms with van der Waals surface area (Å²) >= 11 is 0. The first-order chi connectivity index (χ1) is 10.8. The van der Waals surface area contributed by atoms with Crippen molar-refractivity contribution < 1.29 is 28.2 Å². The molecule has 1 rings (SSSR count). The number of hydrogen-bond donors (Lipinski definition) is 2. The topological polar surface area (TPSA) is 75.6 Å². The number of nitrogens with one attached hydrogen (secondary N) is 1. The molecule has 128 valence electrons. The molecule has 2 N–H and O–H groups in total. The second-order valence-corrected chi connectivity index (χ2v) is 5.30. The van der Waals surface area contributed by atoms with E-state index in [1.54, 1.807) is 6.92 Å². The summed E-state index contributed by atoms with van der Waals surface area (Å²) in [6.45, 7) is 3.66. The lowest BCUT2D eigenvalue weighted by Crippen LogP contribution is -2.45. The van der Waals surface area contributed by atoms with Crippen molar-refractivity contribution in [3.05, 3.63) is 29.8 Å². The predicted molar refractivity (Wildman–Crippen MR) is 80.1 cm³/mol. The number of benzene rings is 1. The van der Waals surface area contributed by atoms with E-state index in [1.165, 1.54) is 6.07 Å². The van der Waals surface area contributed by atoms with Crippen LogP contribution >= 0.6 is 0 Å². The van der Waals surface area contributed by atoms with E-state index in [2.05, 4.69) is 5.32 Å². The van der Waals surface area contributed by atoms with Crippen molar-refractivity contribution in [3.8, 4) is 5.75 Å². The van der Waals surface area contributed by atoms with Crippen LogP contribution in [-0.4, -0.2) is 29.6 Å². The first-order valence-electron chi connectivity index (χ1n) is 7.45. The zero-order valence-corrected chi connectivity index (χ0v) is 13.1. The number of rotatable bonds is 9. The zero-order valence-electron chi connectivity index (χ0n) is 13.1. The highest BCUT2D eigenvalue weighted by Crippen LogP contribution is 2.17. The SMILES string of the molecule is CCC(C)C(NC(=O)CCCOc1ccc(F)cc1F)C(=O)O. The van der Waals surface area contributed by atoms with E-state index in [-0.39, 0.29) is 31.1 Å². The molecule has 1 amide bonds. The third-order valence-corrected chi connectivity index (χ3v) is 3.50. The molecule has 0 aliphatic heterocycles. The van der Waals surface area contributed by atoms with E-state index in [0.29, 0.717) is 12.5 Å². The average molecular weight is 329 g/mol. The molecule has 0 fully saturated rings. The van der Waals surface area contributed by atoms with Gasteiger partial charge in [0.05, 0.1) is 6.61 Å². The van der Waals surface area contributed by atoms with Crippen molar-refractivity contribution in [2.75, 3.05) is 6.61 Å². The van der Waals surface area contributed by atoms with E-state index in [4.69, 9.17) is 9.84 Å². The fraction of sp³-hybridized carbons (Fsp3) is 0.500. The number of halogens is 2. The minimum atomic E-state index is -1.07. The highest BCUT2D eigenvalue weighted by Gasteiger charge is 2.24. The Balaban J connectivity index is 2.37. The van der Waals surface area contributed by atoms with Gasteiger partial charge in [0, 0.05) is 12.5 Å². The lowest BCUT2D eigenvalue weighted by atomic mass is 9.99. The van der Waals surface area contributed by atoms with Gasteiger partial charge in [0.2, 0.25) is 5.91 Å². The number of carbonyl (C=O) groups excluding carboxylic acids is 1. The number of carboxylic acid groups (broad SMARTS) is 1. The Bertz CT molecular complexity index is 551. The maximum Gasteiger partial charge on any atom is 0.326 e. The van der Waals surface area contributed by atoms with Gasteiger partial charge >= 0.3 is 5.97 Å². The lowest BCUT2D eigenvalue weighted by molar-refractivity contribution is -0.143. The standard InChI is InChI=1S/C16H21F2NO4/c1-3-10(2)15(16(21)22)19-14(20)5-4-8-23-13-7-6-11(17)9-12(13)18/h6-7,9-10,15H,3-5,8H2,1-2H3,(H,19,20)(H,21,22). The Morgan fingerprint density at radius 1 is 1.35 bits per heavy atom. The second kappa shape index (κ2) is 9.07. The molecule has 1 aromatic carbocycles. The molecule has 0 aliphatic rings. The molecule has 0 saturated carbocycles. The van der Waals surface area contributed by atoms with Gasteiger partial charge in [-0.3, -0.25) is 4.79 Å². The molecule has 0 saturated heterocycles. The molecule has 0 radical (unpaired) electrons. The van der Waals surface area contributed by atoms with Gasteiger partial charge < -0.3 is 15.2 Å². The third-order valence-electron chi connectivity index (χ3n) is 3.50. The maximum absolute atomic E-state index is 13.3. The second-order valence-electron chi connectivity index (χ2n) is 5.30. The lowest BCUT2D eigenvalue weighted by Gasteiger charge is -2.20. The summed E-state index contributed by atoms with van der Waals surface area (Å²) in [6.07, 6.45) is 0.975. The molecule has 0 spiro atoms. The van der Waals surface area contributed by atoms with Crippen LogP contribution in [0.15, 0.2) is 18.2 Å². The Morgan fingerprint density at radius 2 is 2.04 bits per heavy atom. The first kappa shape index (κ1) is 18.9. The van der Waals surface area contributed by atoms with Crippen molar-refractivity contribution in [3.63, 3.8) is 0 Å². The number of ether oxygens (including phenoxy) is 1.